The number of amides is 1. The first-order valence-electron chi connectivity index (χ1n) is 9.15. The van der Waals surface area contributed by atoms with Crippen LogP contribution in [0.1, 0.15) is 25.3 Å². The molecule has 2 heterocycles. The summed E-state index contributed by atoms with van der Waals surface area (Å²) < 4.78 is 0. The fourth-order valence-electron chi connectivity index (χ4n) is 3.38. The summed E-state index contributed by atoms with van der Waals surface area (Å²) in [5.41, 5.74) is 2.09. The highest BCUT2D eigenvalue weighted by Crippen LogP contribution is 2.16. The number of benzene rings is 1. The number of nitrogens with one attached hydrogen (secondary N) is 1. The largest absolute Gasteiger partial charge is 0.352 e. The van der Waals surface area contributed by atoms with Crippen LogP contribution in [-0.4, -0.2) is 60.0 Å². The third-order valence-corrected chi connectivity index (χ3v) is 5.17. The van der Waals surface area contributed by atoms with Crippen molar-refractivity contribution in [3.63, 3.8) is 0 Å². The maximum atomic E-state index is 12.2. The van der Waals surface area contributed by atoms with Crippen LogP contribution in [0.15, 0.2) is 36.5 Å². The minimum absolute atomic E-state index is 0.127. The lowest BCUT2D eigenvalue weighted by Crippen LogP contribution is -2.48. The molecule has 1 aromatic carbocycles. The smallest absolute Gasteiger partial charge is 0.220 e. The summed E-state index contributed by atoms with van der Waals surface area (Å²) in [4.78, 5) is 21.4. The van der Waals surface area contributed by atoms with Crippen molar-refractivity contribution in [3.8, 4) is 0 Å². The van der Waals surface area contributed by atoms with E-state index in [9.17, 15) is 4.79 Å². The van der Waals surface area contributed by atoms with Crippen LogP contribution in [0.2, 0.25) is 0 Å². The maximum Gasteiger partial charge on any atom is 0.220 e. The van der Waals surface area contributed by atoms with E-state index in [2.05, 4.69) is 40.1 Å². The van der Waals surface area contributed by atoms with Crippen LogP contribution in [0, 0.1) is 0 Å². The normalized spacial score (nSPS) is 17.5. The zero-order valence-electron chi connectivity index (χ0n) is 15.2. The molecule has 0 radical (unpaired) electrons. The highest BCUT2D eigenvalue weighted by atomic mass is 16.1. The Morgan fingerprint density at radius 3 is 2.76 bits per heavy atom. The summed E-state index contributed by atoms with van der Waals surface area (Å²) in [6.45, 7) is 7.22. The number of nitrogens with zero attached hydrogens (tertiary/aromatic N) is 3. The van der Waals surface area contributed by atoms with Crippen molar-refractivity contribution < 1.29 is 4.79 Å². The predicted molar refractivity (Wildman–Crippen MR) is 101 cm³/mol. The maximum absolute atomic E-state index is 12.2. The van der Waals surface area contributed by atoms with Crippen LogP contribution in [0.3, 0.4) is 0 Å². The number of fused-ring (bicyclic) bond motifs is 1. The topological polar surface area (TPSA) is 48.5 Å². The summed E-state index contributed by atoms with van der Waals surface area (Å²) >= 11 is 0. The molecule has 5 nitrogen and oxygen atoms in total. The third kappa shape index (κ3) is 4.77. The van der Waals surface area contributed by atoms with E-state index in [0.717, 1.165) is 49.1 Å². The Labute approximate surface area is 150 Å². The average molecular weight is 340 g/mol. The average Bonchev–Trinajstić information content (AvgIpc) is 2.65. The van der Waals surface area contributed by atoms with Gasteiger partial charge in [-0.15, -0.1) is 0 Å². The molecule has 1 aliphatic heterocycles. The summed E-state index contributed by atoms with van der Waals surface area (Å²) in [6, 6.07) is 10.5. The second-order valence-corrected chi connectivity index (χ2v) is 6.99. The van der Waals surface area contributed by atoms with Crippen molar-refractivity contribution in [3.05, 3.63) is 42.1 Å². The number of piperazine rings is 1. The number of rotatable bonds is 6. The second-order valence-electron chi connectivity index (χ2n) is 6.99. The molecule has 0 unspecified atom stereocenters. The van der Waals surface area contributed by atoms with Gasteiger partial charge in [-0.2, -0.15) is 0 Å². The van der Waals surface area contributed by atoms with Crippen LogP contribution in [0.4, 0.5) is 0 Å². The van der Waals surface area contributed by atoms with E-state index in [0.29, 0.717) is 19.0 Å². The van der Waals surface area contributed by atoms with Gasteiger partial charge in [-0.3, -0.25) is 14.7 Å². The Hall–Kier alpha value is -1.98. The number of carbonyl (C=O) groups is 1. The molecule has 0 aliphatic carbocycles. The minimum Gasteiger partial charge on any atom is -0.352 e. The van der Waals surface area contributed by atoms with E-state index >= 15 is 0 Å². The number of carbonyl (C=O) groups excluding carboxylic acids is 1. The number of para-hydroxylation sites is 1. The molecule has 1 atom stereocenters. The standard InChI is InChI=1S/C20H28N4O/c1-16(24-13-11-23(2)12-14-24)7-8-20(25)22-15-17-9-10-21-19-6-4-3-5-18(17)19/h3-6,9-10,16H,7-8,11-15H2,1-2H3,(H,22,25)/t16-/m0/s1. The van der Waals surface area contributed by atoms with E-state index in [-0.39, 0.29) is 5.91 Å². The molecule has 0 saturated carbocycles. The fourth-order valence-corrected chi connectivity index (χ4v) is 3.38. The monoisotopic (exact) mass is 340 g/mol. The Morgan fingerprint density at radius 2 is 1.96 bits per heavy atom. The van der Waals surface area contributed by atoms with Crippen molar-refractivity contribution in [2.75, 3.05) is 33.2 Å². The van der Waals surface area contributed by atoms with Gasteiger partial charge < -0.3 is 10.2 Å². The van der Waals surface area contributed by atoms with Crippen molar-refractivity contribution in [2.45, 2.75) is 32.4 Å². The quantitative estimate of drug-likeness (QED) is 0.876. The van der Waals surface area contributed by atoms with E-state index in [1.54, 1.807) is 6.20 Å². The number of likely N-dealkylation sites (N-methyl/N-ethyl adjacent to an activating group) is 1. The fraction of sp³-hybridized carbons (Fsp3) is 0.500. The second kappa shape index (κ2) is 8.41. The Morgan fingerprint density at radius 1 is 1.20 bits per heavy atom. The summed E-state index contributed by atoms with van der Waals surface area (Å²) in [5, 5.41) is 4.17. The van der Waals surface area contributed by atoms with Gasteiger partial charge in [0.1, 0.15) is 0 Å². The van der Waals surface area contributed by atoms with Crippen LogP contribution in [-0.2, 0) is 11.3 Å². The molecule has 0 spiro atoms. The molecular weight excluding hydrogens is 312 g/mol. The number of hydrogen-bond acceptors (Lipinski definition) is 4. The van der Waals surface area contributed by atoms with E-state index in [4.69, 9.17) is 0 Å². The molecule has 0 bridgehead atoms. The SMILES string of the molecule is C[C@@H](CCC(=O)NCc1ccnc2ccccc12)N1CCN(C)CC1. The molecule has 1 fully saturated rings. The highest BCUT2D eigenvalue weighted by molar-refractivity contribution is 5.82. The van der Waals surface area contributed by atoms with Crippen LogP contribution in [0.25, 0.3) is 10.9 Å². The molecule has 1 saturated heterocycles. The first-order valence-corrected chi connectivity index (χ1v) is 9.15. The van der Waals surface area contributed by atoms with Gasteiger partial charge in [-0.1, -0.05) is 18.2 Å². The number of hydrogen-bond donors (Lipinski definition) is 1. The minimum atomic E-state index is 0.127. The lowest BCUT2D eigenvalue weighted by atomic mass is 10.1. The molecule has 1 amide bonds. The van der Waals surface area contributed by atoms with Gasteiger partial charge in [0.2, 0.25) is 5.91 Å². The first-order chi connectivity index (χ1) is 12.1. The van der Waals surface area contributed by atoms with Crippen LogP contribution >= 0.6 is 0 Å². The third-order valence-electron chi connectivity index (χ3n) is 5.17. The Kier molecular flexibility index (Phi) is 6.00. The van der Waals surface area contributed by atoms with Crippen LogP contribution < -0.4 is 5.32 Å². The van der Waals surface area contributed by atoms with Gasteiger partial charge in [0.15, 0.2) is 0 Å². The number of pyridine rings is 1. The molecule has 25 heavy (non-hydrogen) atoms. The molecule has 2 aromatic rings. The molecule has 134 valence electrons. The van der Waals surface area contributed by atoms with Gasteiger partial charge in [0.05, 0.1) is 5.52 Å². The van der Waals surface area contributed by atoms with Crippen molar-refractivity contribution in [1.82, 2.24) is 20.1 Å². The van der Waals surface area contributed by atoms with Gasteiger partial charge in [-0.25, -0.2) is 0 Å². The Bertz CT molecular complexity index is 704. The first kappa shape index (κ1) is 17.8. The van der Waals surface area contributed by atoms with E-state index in [1.807, 2.05) is 24.3 Å². The van der Waals surface area contributed by atoms with Crippen molar-refractivity contribution in [2.24, 2.45) is 0 Å². The van der Waals surface area contributed by atoms with Gasteiger partial charge in [0.25, 0.3) is 0 Å². The zero-order valence-corrected chi connectivity index (χ0v) is 15.2. The van der Waals surface area contributed by atoms with Gasteiger partial charge >= 0.3 is 0 Å². The van der Waals surface area contributed by atoms with Crippen LogP contribution in [0.5, 0.6) is 0 Å². The van der Waals surface area contributed by atoms with Crippen molar-refractivity contribution >= 4 is 16.8 Å². The Balaban J connectivity index is 1.46. The summed E-state index contributed by atoms with van der Waals surface area (Å²) in [6.07, 6.45) is 3.29. The van der Waals surface area contributed by atoms with Gasteiger partial charge in [-0.05, 0) is 38.1 Å². The van der Waals surface area contributed by atoms with E-state index < -0.39 is 0 Å². The van der Waals surface area contributed by atoms with Crippen molar-refractivity contribution in [1.29, 1.82) is 0 Å². The molecule has 5 heteroatoms. The number of aromatic nitrogens is 1. The summed E-state index contributed by atoms with van der Waals surface area (Å²) in [5.74, 6) is 0.127. The summed E-state index contributed by atoms with van der Waals surface area (Å²) in [7, 11) is 2.16. The molecular formula is C20H28N4O. The van der Waals surface area contributed by atoms with E-state index in [1.165, 1.54) is 0 Å². The molecule has 1 aliphatic rings. The zero-order chi connectivity index (χ0) is 17.6. The molecule has 3 rings (SSSR count). The lowest BCUT2D eigenvalue weighted by Gasteiger charge is -2.36. The predicted octanol–water partition coefficient (Wildman–Crippen LogP) is 2.27. The van der Waals surface area contributed by atoms with Gasteiger partial charge in [0, 0.05) is 56.8 Å². The molecule has 1 aromatic heterocycles. The molecule has 1 N–H and O–H groups in total. The lowest BCUT2D eigenvalue weighted by molar-refractivity contribution is -0.121. The highest BCUT2D eigenvalue weighted by Gasteiger charge is 2.19.